The van der Waals surface area contributed by atoms with Crippen LogP contribution in [0.15, 0.2) is 11.6 Å². The van der Waals surface area contributed by atoms with E-state index in [4.69, 9.17) is 4.74 Å². The molecule has 4 nitrogen and oxygen atoms in total. The number of hydrogen-bond donors (Lipinski definition) is 1. The van der Waals surface area contributed by atoms with Crippen molar-refractivity contribution in [1.29, 1.82) is 0 Å². The molecule has 1 aliphatic carbocycles. The molecule has 1 amide bonds. The van der Waals surface area contributed by atoms with Gasteiger partial charge in [-0.25, -0.2) is 0 Å². The fourth-order valence-electron chi connectivity index (χ4n) is 4.14. The molecule has 0 aromatic rings. The minimum atomic E-state index is 0.0572. The Balaban J connectivity index is 1.54. The molecule has 21 heavy (non-hydrogen) atoms. The van der Waals surface area contributed by atoms with Gasteiger partial charge in [0.2, 0.25) is 5.91 Å². The maximum atomic E-state index is 12.7. The molecule has 0 bridgehead atoms. The van der Waals surface area contributed by atoms with E-state index in [2.05, 4.69) is 11.4 Å². The number of rotatable bonds is 3. The summed E-state index contributed by atoms with van der Waals surface area (Å²) in [5.74, 6) is 1.13. The Kier molecular flexibility index (Phi) is 4.96. The van der Waals surface area contributed by atoms with Crippen molar-refractivity contribution in [3.63, 3.8) is 0 Å². The minimum Gasteiger partial charge on any atom is -0.380 e. The van der Waals surface area contributed by atoms with Crippen LogP contribution in [0.1, 0.15) is 44.9 Å². The topological polar surface area (TPSA) is 41.6 Å². The molecule has 118 valence electrons. The van der Waals surface area contributed by atoms with Gasteiger partial charge in [0, 0.05) is 26.2 Å². The number of carbonyl (C=O) groups is 1. The molecule has 2 fully saturated rings. The number of nitrogens with one attached hydrogen (secondary N) is 1. The summed E-state index contributed by atoms with van der Waals surface area (Å²) < 4.78 is 5.17. The molecule has 3 atom stereocenters. The molecule has 4 heteroatoms. The van der Waals surface area contributed by atoms with E-state index in [0.717, 1.165) is 31.8 Å². The van der Waals surface area contributed by atoms with E-state index in [1.165, 1.54) is 37.7 Å². The van der Waals surface area contributed by atoms with Crippen LogP contribution >= 0.6 is 0 Å². The van der Waals surface area contributed by atoms with Gasteiger partial charge in [-0.2, -0.15) is 0 Å². The van der Waals surface area contributed by atoms with Crippen LogP contribution in [0.5, 0.6) is 0 Å². The molecular formula is C17H28N2O2. The second kappa shape index (κ2) is 6.93. The first kappa shape index (κ1) is 15.0. The SMILES string of the molecule is COCC1=CCN(C(=O)C2CCC3CCCCC3N2)CC1. The molecule has 3 rings (SSSR count). The van der Waals surface area contributed by atoms with Gasteiger partial charge in [0.15, 0.2) is 0 Å². The van der Waals surface area contributed by atoms with Gasteiger partial charge in [-0.3, -0.25) is 4.79 Å². The molecule has 0 aromatic carbocycles. The molecule has 2 aliphatic heterocycles. The van der Waals surface area contributed by atoms with Crippen LogP contribution in [0.3, 0.4) is 0 Å². The summed E-state index contributed by atoms with van der Waals surface area (Å²) in [4.78, 5) is 14.7. The zero-order valence-electron chi connectivity index (χ0n) is 13.1. The van der Waals surface area contributed by atoms with Gasteiger partial charge in [-0.15, -0.1) is 0 Å². The molecule has 1 saturated carbocycles. The van der Waals surface area contributed by atoms with Crippen molar-refractivity contribution >= 4 is 5.91 Å². The van der Waals surface area contributed by atoms with Crippen LogP contribution in [0.25, 0.3) is 0 Å². The highest BCUT2D eigenvalue weighted by atomic mass is 16.5. The third-order valence-electron chi connectivity index (χ3n) is 5.39. The maximum Gasteiger partial charge on any atom is 0.240 e. The quantitative estimate of drug-likeness (QED) is 0.810. The molecule has 0 radical (unpaired) electrons. The first-order valence-electron chi connectivity index (χ1n) is 8.49. The molecule has 1 N–H and O–H groups in total. The zero-order chi connectivity index (χ0) is 14.7. The fraction of sp³-hybridized carbons (Fsp3) is 0.824. The van der Waals surface area contributed by atoms with Crippen molar-refractivity contribution in [3.05, 3.63) is 11.6 Å². The number of carbonyl (C=O) groups excluding carboxylic acids is 1. The summed E-state index contributed by atoms with van der Waals surface area (Å²) in [5, 5.41) is 3.65. The van der Waals surface area contributed by atoms with Crippen LogP contribution in [-0.2, 0) is 9.53 Å². The average molecular weight is 292 g/mol. The van der Waals surface area contributed by atoms with Crippen LogP contribution in [0, 0.1) is 5.92 Å². The van der Waals surface area contributed by atoms with Gasteiger partial charge in [0.25, 0.3) is 0 Å². The molecule has 3 aliphatic rings. The number of amides is 1. The second-order valence-corrected chi connectivity index (χ2v) is 6.78. The predicted octanol–water partition coefficient (Wildman–Crippen LogP) is 2.10. The maximum absolute atomic E-state index is 12.7. The molecule has 0 spiro atoms. The van der Waals surface area contributed by atoms with Crippen molar-refractivity contribution in [2.45, 2.75) is 57.0 Å². The summed E-state index contributed by atoms with van der Waals surface area (Å²) in [5.41, 5.74) is 1.32. The average Bonchev–Trinajstić information content (AvgIpc) is 2.55. The van der Waals surface area contributed by atoms with Gasteiger partial charge in [-0.05, 0) is 43.6 Å². The Labute approximate surface area is 127 Å². The van der Waals surface area contributed by atoms with Crippen LogP contribution < -0.4 is 5.32 Å². The number of piperidine rings is 1. The lowest BCUT2D eigenvalue weighted by Gasteiger charge is -2.41. The number of fused-ring (bicyclic) bond motifs is 1. The third kappa shape index (κ3) is 3.49. The van der Waals surface area contributed by atoms with Crippen LogP contribution in [0.4, 0.5) is 0 Å². The lowest BCUT2D eigenvalue weighted by Crippen LogP contribution is -2.56. The Morgan fingerprint density at radius 3 is 2.95 bits per heavy atom. The second-order valence-electron chi connectivity index (χ2n) is 6.78. The van der Waals surface area contributed by atoms with Crippen molar-refractivity contribution < 1.29 is 9.53 Å². The Hall–Kier alpha value is -0.870. The number of hydrogen-bond acceptors (Lipinski definition) is 3. The number of methoxy groups -OCH3 is 1. The highest BCUT2D eigenvalue weighted by molar-refractivity contribution is 5.82. The van der Waals surface area contributed by atoms with E-state index >= 15 is 0 Å². The van der Waals surface area contributed by atoms with Crippen molar-refractivity contribution in [1.82, 2.24) is 10.2 Å². The standard InChI is InChI=1S/C17H28N2O2/c1-21-12-13-8-10-19(11-9-13)17(20)16-7-6-14-4-2-3-5-15(14)18-16/h8,14-16,18H,2-7,9-12H2,1H3. The summed E-state index contributed by atoms with van der Waals surface area (Å²) in [7, 11) is 1.73. The Morgan fingerprint density at radius 2 is 2.19 bits per heavy atom. The van der Waals surface area contributed by atoms with E-state index in [1.807, 2.05) is 4.90 Å². The predicted molar refractivity (Wildman–Crippen MR) is 83.1 cm³/mol. The van der Waals surface area contributed by atoms with Gasteiger partial charge in [0.05, 0.1) is 12.6 Å². The lowest BCUT2D eigenvalue weighted by atomic mass is 9.77. The van der Waals surface area contributed by atoms with Gasteiger partial charge in [0.1, 0.15) is 0 Å². The summed E-state index contributed by atoms with van der Waals surface area (Å²) >= 11 is 0. The molecule has 3 unspecified atom stereocenters. The number of ether oxygens (including phenoxy) is 1. The molecule has 1 saturated heterocycles. The van der Waals surface area contributed by atoms with E-state index in [1.54, 1.807) is 7.11 Å². The van der Waals surface area contributed by atoms with Gasteiger partial charge in [-0.1, -0.05) is 18.9 Å². The van der Waals surface area contributed by atoms with Crippen molar-refractivity contribution in [2.24, 2.45) is 5.92 Å². The highest BCUT2D eigenvalue weighted by Gasteiger charge is 2.36. The normalized spacial score (nSPS) is 33.3. The number of nitrogens with zero attached hydrogens (tertiary/aromatic N) is 1. The third-order valence-corrected chi connectivity index (χ3v) is 5.39. The monoisotopic (exact) mass is 292 g/mol. The fourth-order valence-corrected chi connectivity index (χ4v) is 4.14. The van der Waals surface area contributed by atoms with E-state index in [0.29, 0.717) is 18.6 Å². The van der Waals surface area contributed by atoms with Crippen molar-refractivity contribution in [3.8, 4) is 0 Å². The largest absolute Gasteiger partial charge is 0.380 e. The molecular weight excluding hydrogens is 264 g/mol. The van der Waals surface area contributed by atoms with Gasteiger partial charge < -0.3 is 15.0 Å². The lowest BCUT2D eigenvalue weighted by molar-refractivity contribution is -0.134. The van der Waals surface area contributed by atoms with E-state index < -0.39 is 0 Å². The summed E-state index contributed by atoms with van der Waals surface area (Å²) in [6, 6.07) is 0.646. The van der Waals surface area contributed by atoms with Crippen molar-refractivity contribution in [2.75, 3.05) is 26.8 Å². The highest BCUT2D eigenvalue weighted by Crippen LogP contribution is 2.32. The zero-order valence-corrected chi connectivity index (χ0v) is 13.1. The first-order chi connectivity index (χ1) is 10.3. The summed E-state index contributed by atoms with van der Waals surface area (Å²) in [6.07, 6.45) is 10.7. The van der Waals surface area contributed by atoms with E-state index in [-0.39, 0.29) is 6.04 Å². The molecule has 2 heterocycles. The minimum absolute atomic E-state index is 0.0572. The Morgan fingerprint density at radius 1 is 1.33 bits per heavy atom. The van der Waals surface area contributed by atoms with Crippen LogP contribution in [-0.4, -0.2) is 49.7 Å². The Bertz CT molecular complexity index is 408. The smallest absolute Gasteiger partial charge is 0.240 e. The first-order valence-corrected chi connectivity index (χ1v) is 8.49. The van der Waals surface area contributed by atoms with Crippen LogP contribution in [0.2, 0.25) is 0 Å². The molecule has 0 aromatic heterocycles. The van der Waals surface area contributed by atoms with E-state index in [9.17, 15) is 4.79 Å². The van der Waals surface area contributed by atoms with Gasteiger partial charge >= 0.3 is 0 Å². The summed E-state index contributed by atoms with van der Waals surface area (Å²) in [6.45, 7) is 2.30.